The van der Waals surface area contributed by atoms with Gasteiger partial charge in [0.05, 0.1) is 0 Å². The number of amides is 1. The van der Waals surface area contributed by atoms with Gasteiger partial charge in [0.15, 0.2) is 6.10 Å². The molecule has 1 atom stereocenters. The van der Waals surface area contributed by atoms with E-state index in [9.17, 15) is 9.18 Å². The highest BCUT2D eigenvalue weighted by Gasteiger charge is 2.19. The number of halogens is 2. The molecule has 0 bridgehead atoms. The van der Waals surface area contributed by atoms with Gasteiger partial charge in [-0.05, 0) is 55.3 Å². The molecule has 0 radical (unpaired) electrons. The smallest absolute Gasteiger partial charge is 0.265 e. The normalized spacial score (nSPS) is 11.8. The van der Waals surface area contributed by atoms with Crippen molar-refractivity contribution in [2.24, 2.45) is 0 Å². The van der Waals surface area contributed by atoms with Gasteiger partial charge in [-0.1, -0.05) is 24.6 Å². The first-order valence-electron chi connectivity index (χ1n) is 6.99. The van der Waals surface area contributed by atoms with Gasteiger partial charge in [-0.15, -0.1) is 0 Å². The predicted molar refractivity (Wildman–Crippen MR) is 85.9 cm³/mol. The van der Waals surface area contributed by atoms with Crippen molar-refractivity contribution in [3.05, 3.63) is 58.9 Å². The third-order valence-electron chi connectivity index (χ3n) is 3.21. The first-order valence-corrected chi connectivity index (χ1v) is 7.36. The van der Waals surface area contributed by atoms with Crippen LogP contribution in [0, 0.1) is 12.7 Å². The van der Waals surface area contributed by atoms with Crippen molar-refractivity contribution >= 4 is 23.2 Å². The second-order valence-corrected chi connectivity index (χ2v) is 5.35. The Labute approximate surface area is 134 Å². The summed E-state index contributed by atoms with van der Waals surface area (Å²) in [5.41, 5.74) is 1.56. The van der Waals surface area contributed by atoms with Crippen LogP contribution in [-0.2, 0) is 4.79 Å². The highest BCUT2D eigenvalue weighted by atomic mass is 35.5. The summed E-state index contributed by atoms with van der Waals surface area (Å²) in [6, 6.07) is 10.9. The summed E-state index contributed by atoms with van der Waals surface area (Å²) < 4.78 is 18.5. The summed E-state index contributed by atoms with van der Waals surface area (Å²) in [6.45, 7) is 3.73. The lowest BCUT2D eigenvalue weighted by Crippen LogP contribution is -2.32. The van der Waals surface area contributed by atoms with Gasteiger partial charge in [-0.3, -0.25) is 4.79 Å². The molecular weight excluding hydrogens is 305 g/mol. The van der Waals surface area contributed by atoms with E-state index in [-0.39, 0.29) is 11.7 Å². The van der Waals surface area contributed by atoms with E-state index in [1.807, 2.05) is 19.9 Å². The number of benzene rings is 2. The highest BCUT2D eigenvalue weighted by molar-refractivity contribution is 6.31. The van der Waals surface area contributed by atoms with Gasteiger partial charge in [-0.25, -0.2) is 4.39 Å². The molecule has 1 N–H and O–H groups in total. The number of aryl methyl sites for hydroxylation is 1. The summed E-state index contributed by atoms with van der Waals surface area (Å²) in [6.07, 6.45) is -0.174. The molecule has 0 heterocycles. The average Bonchev–Trinajstić information content (AvgIpc) is 2.50. The maximum atomic E-state index is 12.9. The van der Waals surface area contributed by atoms with Crippen LogP contribution < -0.4 is 10.1 Å². The van der Waals surface area contributed by atoms with Crippen LogP contribution in [0.5, 0.6) is 5.75 Å². The van der Waals surface area contributed by atoms with Crippen molar-refractivity contribution < 1.29 is 13.9 Å². The third-order valence-corrected chi connectivity index (χ3v) is 3.45. The molecule has 22 heavy (non-hydrogen) atoms. The minimum absolute atomic E-state index is 0.266. The SMILES string of the molecule is CC[C@@H](Oc1ccc(F)cc1)C(=O)Nc1cc(Cl)ccc1C. The average molecular weight is 322 g/mol. The van der Waals surface area contributed by atoms with Gasteiger partial charge in [0.2, 0.25) is 0 Å². The molecule has 0 unspecified atom stereocenters. The van der Waals surface area contributed by atoms with Gasteiger partial charge in [-0.2, -0.15) is 0 Å². The molecule has 0 spiro atoms. The number of hydrogen-bond donors (Lipinski definition) is 1. The van der Waals surface area contributed by atoms with Crippen molar-refractivity contribution in [3.63, 3.8) is 0 Å². The molecule has 2 aromatic rings. The zero-order valence-electron chi connectivity index (χ0n) is 12.4. The van der Waals surface area contributed by atoms with Gasteiger partial charge in [0.1, 0.15) is 11.6 Å². The standard InChI is InChI=1S/C17H17ClFNO2/c1-3-16(22-14-8-6-13(19)7-9-14)17(21)20-15-10-12(18)5-4-11(15)2/h4-10,16H,3H2,1-2H3,(H,20,21)/t16-/m1/s1. The summed E-state index contributed by atoms with van der Waals surface area (Å²) >= 11 is 5.94. The minimum atomic E-state index is -0.663. The number of nitrogens with one attached hydrogen (secondary N) is 1. The molecule has 0 saturated heterocycles. The Morgan fingerprint density at radius 1 is 1.27 bits per heavy atom. The molecule has 0 saturated carbocycles. The van der Waals surface area contributed by atoms with E-state index >= 15 is 0 Å². The Balaban J connectivity index is 2.08. The maximum Gasteiger partial charge on any atom is 0.265 e. The largest absolute Gasteiger partial charge is 0.481 e. The number of carbonyl (C=O) groups is 1. The van der Waals surface area contributed by atoms with Crippen molar-refractivity contribution in [2.45, 2.75) is 26.4 Å². The van der Waals surface area contributed by atoms with E-state index in [1.54, 1.807) is 12.1 Å². The lowest BCUT2D eigenvalue weighted by Gasteiger charge is -2.18. The summed E-state index contributed by atoms with van der Waals surface area (Å²) in [7, 11) is 0. The Kier molecular flexibility index (Phi) is 5.39. The molecule has 1 amide bonds. The molecule has 0 aliphatic heterocycles. The second-order valence-electron chi connectivity index (χ2n) is 4.92. The topological polar surface area (TPSA) is 38.3 Å². The zero-order valence-corrected chi connectivity index (χ0v) is 13.2. The molecule has 2 rings (SSSR count). The lowest BCUT2D eigenvalue weighted by molar-refractivity contribution is -0.122. The molecular formula is C17H17ClFNO2. The van der Waals surface area contributed by atoms with Crippen LogP contribution in [0.1, 0.15) is 18.9 Å². The molecule has 116 valence electrons. The molecule has 2 aromatic carbocycles. The van der Waals surface area contributed by atoms with E-state index < -0.39 is 6.10 Å². The van der Waals surface area contributed by atoms with Gasteiger partial charge in [0.25, 0.3) is 5.91 Å². The number of rotatable bonds is 5. The molecule has 0 aliphatic rings. The van der Waals surface area contributed by atoms with Crippen molar-refractivity contribution in [2.75, 3.05) is 5.32 Å². The monoisotopic (exact) mass is 321 g/mol. The molecule has 3 nitrogen and oxygen atoms in total. The fourth-order valence-corrected chi connectivity index (χ4v) is 2.11. The van der Waals surface area contributed by atoms with E-state index in [2.05, 4.69) is 5.32 Å². The zero-order chi connectivity index (χ0) is 16.1. The molecule has 0 fully saturated rings. The van der Waals surface area contributed by atoms with Gasteiger partial charge < -0.3 is 10.1 Å². The Bertz CT molecular complexity index is 658. The minimum Gasteiger partial charge on any atom is -0.481 e. The van der Waals surface area contributed by atoms with E-state index in [1.165, 1.54) is 24.3 Å². The van der Waals surface area contributed by atoms with Gasteiger partial charge >= 0.3 is 0 Å². The summed E-state index contributed by atoms with van der Waals surface area (Å²) in [5, 5.41) is 3.36. The van der Waals surface area contributed by atoms with Crippen LogP contribution in [0.2, 0.25) is 5.02 Å². The molecule has 0 aliphatic carbocycles. The summed E-state index contributed by atoms with van der Waals surface area (Å²) in [4.78, 5) is 12.3. The molecule has 5 heteroatoms. The maximum absolute atomic E-state index is 12.9. The van der Waals surface area contributed by atoms with Crippen LogP contribution in [0.25, 0.3) is 0 Å². The van der Waals surface area contributed by atoms with Gasteiger partial charge in [0, 0.05) is 10.7 Å². The van der Waals surface area contributed by atoms with E-state index in [0.29, 0.717) is 22.9 Å². The van der Waals surface area contributed by atoms with E-state index in [0.717, 1.165) is 5.56 Å². The third kappa shape index (κ3) is 4.21. The highest BCUT2D eigenvalue weighted by Crippen LogP contribution is 2.21. The summed E-state index contributed by atoms with van der Waals surface area (Å²) in [5.74, 6) is -0.164. The number of carbonyl (C=O) groups excluding carboxylic acids is 1. The Hall–Kier alpha value is -2.07. The quantitative estimate of drug-likeness (QED) is 0.875. The predicted octanol–water partition coefficient (Wildman–Crippen LogP) is 4.58. The van der Waals surface area contributed by atoms with Crippen molar-refractivity contribution in [1.82, 2.24) is 0 Å². The molecule has 0 aromatic heterocycles. The Morgan fingerprint density at radius 2 is 1.95 bits per heavy atom. The fraction of sp³-hybridized carbons (Fsp3) is 0.235. The fourth-order valence-electron chi connectivity index (χ4n) is 1.94. The van der Waals surface area contributed by atoms with Crippen LogP contribution >= 0.6 is 11.6 Å². The van der Waals surface area contributed by atoms with Crippen molar-refractivity contribution in [1.29, 1.82) is 0 Å². The first kappa shape index (κ1) is 16.3. The van der Waals surface area contributed by atoms with Crippen molar-refractivity contribution in [3.8, 4) is 5.75 Å². The van der Waals surface area contributed by atoms with Crippen LogP contribution in [0.4, 0.5) is 10.1 Å². The Morgan fingerprint density at radius 3 is 2.59 bits per heavy atom. The second kappa shape index (κ2) is 7.27. The first-order chi connectivity index (χ1) is 10.5. The number of anilines is 1. The lowest BCUT2D eigenvalue weighted by atomic mass is 10.2. The number of ether oxygens (including phenoxy) is 1. The van der Waals surface area contributed by atoms with Crippen LogP contribution in [-0.4, -0.2) is 12.0 Å². The van der Waals surface area contributed by atoms with E-state index in [4.69, 9.17) is 16.3 Å². The van der Waals surface area contributed by atoms with Crippen LogP contribution in [0.15, 0.2) is 42.5 Å². The van der Waals surface area contributed by atoms with Crippen LogP contribution in [0.3, 0.4) is 0 Å². The number of hydrogen-bond acceptors (Lipinski definition) is 2.